The van der Waals surface area contributed by atoms with E-state index in [1.807, 2.05) is 30.3 Å². The lowest BCUT2D eigenvalue weighted by Crippen LogP contribution is -2.35. The second-order valence-corrected chi connectivity index (χ2v) is 12.9. The van der Waals surface area contributed by atoms with Gasteiger partial charge in [0.05, 0.1) is 35.2 Å². The first-order chi connectivity index (χ1) is 21.1. The Morgan fingerprint density at radius 1 is 1.07 bits per heavy atom. The van der Waals surface area contributed by atoms with Gasteiger partial charge in [-0.15, -0.1) is 0 Å². The van der Waals surface area contributed by atoms with Crippen LogP contribution in [0.3, 0.4) is 0 Å². The molecule has 3 aromatic rings. The third-order valence-corrected chi connectivity index (χ3v) is 9.57. The van der Waals surface area contributed by atoms with Gasteiger partial charge >= 0.3 is 0 Å². The maximum Gasteiger partial charge on any atom is 0.271 e. The van der Waals surface area contributed by atoms with E-state index in [9.17, 15) is 24.8 Å². The maximum atomic E-state index is 13.9. The SMILES string of the molecule is CC(C)C1=C2[C@@H](CC/C(=C/c3cc(Br)ccc3O)c3ccccc3)OC[C@@H]2[C@@H]2C(=O)N(c3cccc([N+](=O)[O-])c3)C(=O)[C@@H]2C1. The summed E-state index contributed by atoms with van der Waals surface area (Å²) in [7, 11) is 0. The first-order valence-electron chi connectivity index (χ1n) is 14.8. The van der Waals surface area contributed by atoms with Gasteiger partial charge in [-0.1, -0.05) is 71.7 Å². The lowest BCUT2D eigenvalue weighted by Gasteiger charge is -2.33. The second-order valence-electron chi connectivity index (χ2n) is 12.0. The van der Waals surface area contributed by atoms with Crippen molar-refractivity contribution in [3.8, 4) is 5.75 Å². The smallest absolute Gasteiger partial charge is 0.271 e. The number of phenolic OH excluding ortho intramolecular Hbond substituents is 1. The fourth-order valence-electron chi connectivity index (χ4n) is 7.03. The van der Waals surface area contributed by atoms with Crippen LogP contribution in [0.1, 0.15) is 44.2 Å². The molecule has 3 aliphatic rings. The highest BCUT2D eigenvalue weighted by Crippen LogP contribution is 2.52. The maximum absolute atomic E-state index is 13.9. The lowest BCUT2D eigenvalue weighted by atomic mass is 9.67. The number of ether oxygens (including phenoxy) is 1. The Morgan fingerprint density at radius 2 is 1.84 bits per heavy atom. The molecule has 0 spiro atoms. The average molecular weight is 658 g/mol. The van der Waals surface area contributed by atoms with E-state index in [0.29, 0.717) is 31.4 Å². The minimum Gasteiger partial charge on any atom is -0.507 e. The number of hydrogen-bond donors (Lipinski definition) is 1. The summed E-state index contributed by atoms with van der Waals surface area (Å²) in [6.07, 6.45) is 3.61. The number of rotatable bonds is 8. The molecule has 226 valence electrons. The normalized spacial score (nSPS) is 23.4. The van der Waals surface area contributed by atoms with Crippen LogP contribution in [0.25, 0.3) is 11.6 Å². The fourth-order valence-corrected chi connectivity index (χ4v) is 7.41. The zero-order valence-corrected chi connectivity index (χ0v) is 26.1. The Labute approximate surface area is 264 Å². The molecule has 2 fully saturated rings. The van der Waals surface area contributed by atoms with E-state index in [1.165, 1.54) is 18.2 Å². The van der Waals surface area contributed by atoms with E-state index in [4.69, 9.17) is 4.74 Å². The van der Waals surface area contributed by atoms with Crippen LogP contribution in [-0.4, -0.2) is 34.6 Å². The topological polar surface area (TPSA) is 110 Å². The molecule has 2 heterocycles. The minimum absolute atomic E-state index is 0.162. The number of aromatic hydroxyl groups is 1. The number of nitro groups is 1. The summed E-state index contributed by atoms with van der Waals surface area (Å²) in [5.74, 6) is -1.57. The Kier molecular flexibility index (Phi) is 8.26. The van der Waals surface area contributed by atoms with Crippen LogP contribution >= 0.6 is 15.9 Å². The number of anilines is 1. The van der Waals surface area contributed by atoms with Gasteiger partial charge in [-0.05, 0) is 72.2 Å². The van der Waals surface area contributed by atoms with Crippen molar-refractivity contribution < 1.29 is 24.4 Å². The van der Waals surface area contributed by atoms with E-state index in [2.05, 4.69) is 41.9 Å². The second kappa shape index (κ2) is 12.1. The summed E-state index contributed by atoms with van der Waals surface area (Å²) < 4.78 is 7.30. The minimum atomic E-state index is -0.563. The zero-order valence-electron chi connectivity index (χ0n) is 24.5. The third-order valence-electron chi connectivity index (χ3n) is 9.08. The molecule has 9 heteroatoms. The van der Waals surface area contributed by atoms with Crippen molar-refractivity contribution in [2.45, 2.75) is 39.2 Å². The van der Waals surface area contributed by atoms with Gasteiger partial charge in [0.2, 0.25) is 11.8 Å². The molecule has 2 amide bonds. The molecule has 1 aliphatic carbocycles. The molecule has 2 aliphatic heterocycles. The van der Waals surface area contributed by atoms with Crippen molar-refractivity contribution in [3.05, 3.63) is 110 Å². The van der Waals surface area contributed by atoms with Crippen molar-refractivity contribution in [1.82, 2.24) is 0 Å². The summed E-state index contributed by atoms with van der Waals surface area (Å²) in [5.41, 5.74) is 5.17. The number of phenols is 1. The predicted octanol–water partition coefficient (Wildman–Crippen LogP) is 7.56. The molecule has 8 nitrogen and oxygen atoms in total. The summed E-state index contributed by atoms with van der Waals surface area (Å²) in [6, 6.07) is 21.1. The number of nitrogens with zero attached hydrogens (tertiary/aromatic N) is 2. The van der Waals surface area contributed by atoms with Gasteiger partial charge in [0.1, 0.15) is 5.75 Å². The van der Waals surface area contributed by atoms with Crippen LogP contribution in [0, 0.1) is 33.8 Å². The van der Waals surface area contributed by atoms with Crippen LogP contribution in [0.15, 0.2) is 88.4 Å². The lowest BCUT2D eigenvalue weighted by molar-refractivity contribution is -0.384. The van der Waals surface area contributed by atoms with Gasteiger partial charge in [-0.3, -0.25) is 19.7 Å². The van der Waals surface area contributed by atoms with Gasteiger partial charge < -0.3 is 9.84 Å². The molecule has 0 aromatic heterocycles. The number of nitro benzene ring substituents is 1. The highest BCUT2D eigenvalue weighted by molar-refractivity contribution is 9.10. The number of carbonyl (C=O) groups excluding carboxylic acids is 2. The van der Waals surface area contributed by atoms with Crippen molar-refractivity contribution in [2.24, 2.45) is 23.7 Å². The van der Waals surface area contributed by atoms with Crippen LogP contribution in [-0.2, 0) is 14.3 Å². The van der Waals surface area contributed by atoms with Crippen molar-refractivity contribution in [1.29, 1.82) is 0 Å². The van der Waals surface area contributed by atoms with Gasteiger partial charge in [-0.2, -0.15) is 0 Å². The number of benzene rings is 3. The summed E-state index contributed by atoms with van der Waals surface area (Å²) in [6.45, 7) is 4.57. The average Bonchev–Trinajstić information content (AvgIpc) is 3.54. The summed E-state index contributed by atoms with van der Waals surface area (Å²) in [5, 5.41) is 21.9. The van der Waals surface area contributed by atoms with Gasteiger partial charge in [0, 0.05) is 28.1 Å². The van der Waals surface area contributed by atoms with Crippen LogP contribution in [0.2, 0.25) is 0 Å². The largest absolute Gasteiger partial charge is 0.507 e. The molecule has 0 saturated carbocycles. The number of carbonyl (C=O) groups is 2. The molecule has 0 radical (unpaired) electrons. The molecule has 6 rings (SSSR count). The Balaban J connectivity index is 1.30. The standard InChI is InChI=1S/C35H33BrN2O6/c1-20(2)27-18-28-33(35(41)37(34(28)40)25-9-6-10-26(17-25)38(42)43)29-19-44-31(32(27)29)14-11-22(21-7-4-3-5-8-21)15-23-16-24(36)12-13-30(23)39/h3-10,12-13,15-17,20,28-29,31,33,39H,11,14,18-19H2,1-2H3/b22-15-/t28-,29+,31-,33-/m1/s1. The molecule has 1 N–H and O–H groups in total. The number of fused-ring (bicyclic) bond motifs is 3. The summed E-state index contributed by atoms with van der Waals surface area (Å²) in [4.78, 5) is 39.6. The van der Waals surface area contributed by atoms with Crippen molar-refractivity contribution in [2.75, 3.05) is 11.5 Å². The molecular formula is C35H33BrN2O6. The monoisotopic (exact) mass is 656 g/mol. The van der Waals surface area contributed by atoms with Gasteiger partial charge in [-0.25, -0.2) is 4.90 Å². The molecule has 3 aromatic carbocycles. The molecule has 44 heavy (non-hydrogen) atoms. The van der Waals surface area contributed by atoms with Crippen molar-refractivity contribution >= 4 is 50.8 Å². The Morgan fingerprint density at radius 3 is 2.57 bits per heavy atom. The van der Waals surface area contributed by atoms with Crippen LogP contribution in [0.4, 0.5) is 11.4 Å². The molecule has 0 bridgehead atoms. The highest BCUT2D eigenvalue weighted by Gasteiger charge is 2.57. The zero-order chi connectivity index (χ0) is 31.1. The third kappa shape index (κ3) is 5.50. The number of non-ortho nitro benzene ring substituents is 1. The summed E-state index contributed by atoms with van der Waals surface area (Å²) >= 11 is 3.50. The number of hydrogen-bond acceptors (Lipinski definition) is 6. The number of amides is 2. The van der Waals surface area contributed by atoms with E-state index >= 15 is 0 Å². The number of allylic oxidation sites excluding steroid dienone is 2. The molecule has 4 atom stereocenters. The van der Waals surface area contributed by atoms with E-state index in [1.54, 1.807) is 18.2 Å². The fraction of sp³-hybridized carbons (Fsp3) is 0.314. The van der Waals surface area contributed by atoms with Crippen LogP contribution < -0.4 is 4.90 Å². The van der Waals surface area contributed by atoms with E-state index in [0.717, 1.165) is 31.7 Å². The van der Waals surface area contributed by atoms with Gasteiger partial charge in [0.15, 0.2) is 0 Å². The number of imide groups is 1. The number of halogens is 1. The van der Waals surface area contributed by atoms with Crippen molar-refractivity contribution in [3.63, 3.8) is 0 Å². The Bertz CT molecular complexity index is 1700. The van der Waals surface area contributed by atoms with E-state index < -0.39 is 16.8 Å². The van der Waals surface area contributed by atoms with E-state index in [-0.39, 0.29) is 46.9 Å². The molecular weight excluding hydrogens is 624 g/mol. The quantitative estimate of drug-likeness (QED) is 0.0881. The Hall–Kier alpha value is -4.08. The van der Waals surface area contributed by atoms with Crippen LogP contribution in [0.5, 0.6) is 5.75 Å². The molecule has 2 saturated heterocycles. The van der Waals surface area contributed by atoms with Gasteiger partial charge in [0.25, 0.3) is 5.69 Å². The predicted molar refractivity (Wildman–Crippen MR) is 172 cm³/mol. The first kappa shape index (κ1) is 30.0. The highest BCUT2D eigenvalue weighted by atomic mass is 79.9. The first-order valence-corrected chi connectivity index (χ1v) is 15.6. The molecule has 0 unspecified atom stereocenters.